The van der Waals surface area contributed by atoms with Crippen LogP contribution in [0.15, 0.2) is 52.3 Å². The van der Waals surface area contributed by atoms with Crippen LogP contribution in [0.5, 0.6) is 0 Å². The van der Waals surface area contributed by atoms with Crippen molar-refractivity contribution < 1.29 is 27.5 Å². The van der Waals surface area contributed by atoms with Crippen molar-refractivity contribution in [3.05, 3.63) is 65.3 Å². The molecule has 1 atom stereocenters. The van der Waals surface area contributed by atoms with E-state index in [-0.39, 0.29) is 24.4 Å². The molecule has 2 aromatic rings. The molecule has 0 saturated carbocycles. The number of likely N-dealkylation sites (N-methyl/N-ethyl adjacent to an activating group) is 1. The van der Waals surface area contributed by atoms with Crippen molar-refractivity contribution in [3.8, 4) is 0 Å². The minimum Gasteiger partial charge on any atom is -0.467 e. The predicted molar refractivity (Wildman–Crippen MR) is 96.4 cm³/mol. The van der Waals surface area contributed by atoms with Crippen LogP contribution < -0.4 is 15.5 Å². The summed E-state index contributed by atoms with van der Waals surface area (Å²) in [6.07, 6.45) is 1.43. The zero-order valence-electron chi connectivity index (χ0n) is 15.3. The molecular formula is C19H19F2N3O4. The van der Waals surface area contributed by atoms with Crippen molar-refractivity contribution in [1.82, 2.24) is 10.6 Å². The summed E-state index contributed by atoms with van der Waals surface area (Å²) in [7, 11) is 1.62. The van der Waals surface area contributed by atoms with E-state index in [4.69, 9.17) is 9.15 Å². The molecule has 28 heavy (non-hydrogen) atoms. The third-order valence-corrected chi connectivity index (χ3v) is 4.22. The van der Waals surface area contributed by atoms with E-state index in [1.165, 1.54) is 12.3 Å². The number of urea groups is 1. The van der Waals surface area contributed by atoms with Crippen molar-refractivity contribution in [2.45, 2.75) is 13.0 Å². The lowest BCUT2D eigenvalue weighted by Crippen LogP contribution is -2.48. The number of ether oxygens (including phenoxy) is 1. The molecule has 1 aliphatic heterocycles. The average molecular weight is 391 g/mol. The third kappa shape index (κ3) is 3.98. The minimum absolute atomic E-state index is 0.0455. The van der Waals surface area contributed by atoms with Gasteiger partial charge in [0.05, 0.1) is 30.7 Å². The molecular weight excluding hydrogens is 372 g/mol. The van der Waals surface area contributed by atoms with Crippen molar-refractivity contribution >= 4 is 17.7 Å². The average Bonchev–Trinajstić information content (AvgIpc) is 3.18. The Balaban J connectivity index is 1.98. The van der Waals surface area contributed by atoms with E-state index >= 15 is 0 Å². The second kappa shape index (κ2) is 8.12. The number of furan rings is 1. The number of amides is 2. The molecule has 1 aliphatic rings. The second-order valence-corrected chi connectivity index (χ2v) is 6.11. The van der Waals surface area contributed by atoms with Crippen LogP contribution in [0.4, 0.5) is 19.3 Å². The van der Waals surface area contributed by atoms with E-state index in [2.05, 4.69) is 10.6 Å². The second-order valence-electron chi connectivity index (χ2n) is 6.11. The highest BCUT2D eigenvalue weighted by Crippen LogP contribution is 2.29. The number of esters is 1. The number of carbonyl (C=O) groups is 2. The molecule has 0 aliphatic carbocycles. The highest BCUT2D eigenvalue weighted by molar-refractivity contribution is 5.95. The number of nitrogens with one attached hydrogen (secondary N) is 2. The maximum atomic E-state index is 13.6. The van der Waals surface area contributed by atoms with Crippen molar-refractivity contribution in [2.24, 2.45) is 0 Å². The molecule has 9 heteroatoms. The molecule has 148 valence electrons. The van der Waals surface area contributed by atoms with Gasteiger partial charge in [0.15, 0.2) is 11.6 Å². The summed E-state index contributed by atoms with van der Waals surface area (Å²) in [5.41, 5.74) is 0.818. The van der Waals surface area contributed by atoms with Crippen molar-refractivity contribution in [2.75, 3.05) is 25.1 Å². The van der Waals surface area contributed by atoms with Gasteiger partial charge in [-0.1, -0.05) is 0 Å². The van der Waals surface area contributed by atoms with E-state index in [1.54, 1.807) is 31.0 Å². The molecule has 0 saturated heterocycles. The molecule has 7 nitrogen and oxygen atoms in total. The van der Waals surface area contributed by atoms with E-state index in [1.807, 2.05) is 0 Å². The molecule has 3 rings (SSSR count). The van der Waals surface area contributed by atoms with Crippen LogP contribution in [0.3, 0.4) is 0 Å². The van der Waals surface area contributed by atoms with Gasteiger partial charge in [0.25, 0.3) is 0 Å². The van der Waals surface area contributed by atoms with E-state index < -0.39 is 29.7 Å². The van der Waals surface area contributed by atoms with Crippen molar-refractivity contribution in [1.29, 1.82) is 0 Å². The molecule has 0 spiro atoms. The first-order valence-corrected chi connectivity index (χ1v) is 8.58. The smallest absolute Gasteiger partial charge is 0.338 e. The van der Waals surface area contributed by atoms with Crippen LogP contribution in [0, 0.1) is 11.6 Å². The van der Waals surface area contributed by atoms with Gasteiger partial charge >= 0.3 is 12.0 Å². The fourth-order valence-corrected chi connectivity index (χ4v) is 2.91. The number of carbonyl (C=O) groups excluding carboxylic acids is 2. The number of benzene rings is 1. The Morgan fingerprint density at radius 3 is 2.71 bits per heavy atom. The fourth-order valence-electron chi connectivity index (χ4n) is 2.91. The van der Waals surface area contributed by atoms with E-state index in [0.29, 0.717) is 11.4 Å². The van der Waals surface area contributed by atoms with Crippen LogP contribution in [-0.2, 0) is 9.53 Å². The first-order chi connectivity index (χ1) is 13.4. The van der Waals surface area contributed by atoms with E-state index in [0.717, 1.165) is 12.1 Å². The number of nitrogens with zero attached hydrogens (tertiary/aromatic N) is 1. The monoisotopic (exact) mass is 391 g/mol. The van der Waals surface area contributed by atoms with Gasteiger partial charge in [0.2, 0.25) is 0 Å². The molecule has 0 bridgehead atoms. The van der Waals surface area contributed by atoms with Crippen LogP contribution in [0.1, 0.15) is 18.7 Å². The topological polar surface area (TPSA) is 83.8 Å². The molecule has 2 heterocycles. The molecule has 1 aromatic carbocycles. The maximum absolute atomic E-state index is 13.6. The molecule has 2 N–H and O–H groups in total. The summed E-state index contributed by atoms with van der Waals surface area (Å²) in [5, 5.41) is 5.24. The quantitative estimate of drug-likeness (QED) is 0.740. The van der Waals surface area contributed by atoms with Gasteiger partial charge in [-0.25, -0.2) is 18.4 Å². The first-order valence-electron chi connectivity index (χ1n) is 8.58. The fraction of sp³-hybridized carbons (Fsp3) is 0.263. The van der Waals surface area contributed by atoms with Gasteiger partial charge in [0.1, 0.15) is 11.8 Å². The Morgan fingerprint density at radius 2 is 2.07 bits per heavy atom. The number of hydrogen-bond donors (Lipinski definition) is 2. The predicted octanol–water partition coefficient (Wildman–Crippen LogP) is 2.87. The molecule has 0 radical (unpaired) electrons. The Hall–Kier alpha value is -3.36. The van der Waals surface area contributed by atoms with Gasteiger partial charge < -0.3 is 24.7 Å². The van der Waals surface area contributed by atoms with Crippen LogP contribution >= 0.6 is 0 Å². The standard InChI is InChI=1S/C19H19F2N3O4/c1-3-27-18(25)16-14(10-24(2)11-6-7-12(20)13(21)9-11)22-19(26)23-17(16)15-5-4-8-28-15/h4-9,17H,3,10H2,1-2H3,(H2,22,23,26). The largest absolute Gasteiger partial charge is 0.467 e. The zero-order valence-corrected chi connectivity index (χ0v) is 15.3. The first kappa shape index (κ1) is 19.4. The number of hydrogen-bond acceptors (Lipinski definition) is 5. The number of rotatable bonds is 6. The summed E-state index contributed by atoms with van der Waals surface area (Å²) in [5.74, 6) is -2.21. The normalized spacial score (nSPS) is 16.4. The molecule has 1 aromatic heterocycles. The summed E-state index contributed by atoms with van der Waals surface area (Å²) >= 11 is 0. The van der Waals surface area contributed by atoms with Gasteiger partial charge in [-0.3, -0.25) is 0 Å². The Bertz CT molecular complexity index is 912. The van der Waals surface area contributed by atoms with Crippen LogP contribution in [0.25, 0.3) is 0 Å². The van der Waals surface area contributed by atoms with Gasteiger partial charge in [-0.05, 0) is 31.2 Å². The third-order valence-electron chi connectivity index (χ3n) is 4.22. The highest BCUT2D eigenvalue weighted by atomic mass is 19.2. The Kier molecular flexibility index (Phi) is 5.62. The zero-order chi connectivity index (χ0) is 20.3. The van der Waals surface area contributed by atoms with Gasteiger partial charge in [0, 0.05) is 18.8 Å². The number of halogens is 2. The summed E-state index contributed by atoms with van der Waals surface area (Å²) < 4.78 is 37.2. The lowest BCUT2D eigenvalue weighted by molar-refractivity contribution is -0.139. The van der Waals surface area contributed by atoms with Crippen LogP contribution in [0.2, 0.25) is 0 Å². The lowest BCUT2D eigenvalue weighted by Gasteiger charge is -2.30. The minimum atomic E-state index is -0.994. The Labute approximate surface area is 159 Å². The molecule has 1 unspecified atom stereocenters. The van der Waals surface area contributed by atoms with Crippen molar-refractivity contribution in [3.63, 3.8) is 0 Å². The van der Waals surface area contributed by atoms with E-state index in [9.17, 15) is 18.4 Å². The summed E-state index contributed by atoms with van der Waals surface area (Å²) in [4.78, 5) is 26.3. The SMILES string of the molecule is CCOC(=O)C1=C(CN(C)c2ccc(F)c(F)c2)NC(=O)NC1c1ccco1. The van der Waals surface area contributed by atoms with Crippen LogP contribution in [-0.4, -0.2) is 32.2 Å². The maximum Gasteiger partial charge on any atom is 0.338 e. The molecule has 0 fully saturated rings. The van der Waals surface area contributed by atoms with Gasteiger partial charge in [-0.2, -0.15) is 0 Å². The molecule has 2 amide bonds. The lowest BCUT2D eigenvalue weighted by atomic mass is 10.00. The highest BCUT2D eigenvalue weighted by Gasteiger charge is 2.35. The Morgan fingerprint density at radius 1 is 1.29 bits per heavy atom. The van der Waals surface area contributed by atoms with Gasteiger partial charge in [-0.15, -0.1) is 0 Å². The summed E-state index contributed by atoms with van der Waals surface area (Å²) in [6, 6.07) is 5.35. The summed E-state index contributed by atoms with van der Waals surface area (Å²) in [6.45, 7) is 1.86. The number of anilines is 1.